The maximum Gasteiger partial charge on any atom is 0.155 e. The number of imidazole rings is 1. The van der Waals surface area contributed by atoms with Gasteiger partial charge in [0, 0.05) is 29.9 Å². The van der Waals surface area contributed by atoms with Gasteiger partial charge in [0.15, 0.2) is 5.82 Å². The van der Waals surface area contributed by atoms with E-state index in [9.17, 15) is 5.11 Å². The lowest BCUT2D eigenvalue weighted by molar-refractivity contribution is 0.218. The zero-order chi connectivity index (χ0) is 15.6. The average molecular weight is 308 g/mol. The van der Waals surface area contributed by atoms with E-state index < -0.39 is 0 Å². The molecule has 2 N–H and O–H groups in total. The number of nitrogens with zero attached hydrogens (tertiary/aromatic N) is 3. The third-order valence-electron chi connectivity index (χ3n) is 4.50. The first-order chi connectivity index (χ1) is 11.3. The fourth-order valence-electron chi connectivity index (χ4n) is 3.24. The normalized spacial score (nSPS) is 16.0. The molecule has 1 aliphatic rings. The summed E-state index contributed by atoms with van der Waals surface area (Å²) < 4.78 is 0. The van der Waals surface area contributed by atoms with Crippen LogP contribution < -0.4 is 0 Å². The molecule has 0 atom stereocenters. The molecule has 2 aromatic heterocycles. The highest BCUT2D eigenvalue weighted by atomic mass is 16.3. The summed E-state index contributed by atoms with van der Waals surface area (Å²) in [6.45, 7) is 3.00. The summed E-state index contributed by atoms with van der Waals surface area (Å²) in [4.78, 5) is 14.3. The molecule has 0 spiro atoms. The van der Waals surface area contributed by atoms with Crippen LogP contribution in [0.15, 0.2) is 36.7 Å². The van der Waals surface area contributed by atoms with Crippen LogP contribution in [-0.4, -0.2) is 38.0 Å². The molecule has 1 aromatic carbocycles. The number of hydrogen-bond donors (Lipinski definition) is 2. The van der Waals surface area contributed by atoms with E-state index in [4.69, 9.17) is 0 Å². The first-order valence-corrected chi connectivity index (χ1v) is 8.15. The summed E-state index contributed by atoms with van der Waals surface area (Å²) in [6, 6.07) is 7.95. The van der Waals surface area contributed by atoms with E-state index >= 15 is 0 Å². The molecule has 0 bridgehead atoms. The zero-order valence-electron chi connectivity index (χ0n) is 13.0. The van der Waals surface area contributed by atoms with Crippen molar-refractivity contribution in [1.29, 1.82) is 0 Å². The number of piperidine rings is 1. The number of aromatic hydroxyl groups is 1. The number of rotatable bonds is 3. The Kier molecular flexibility index (Phi) is 3.71. The van der Waals surface area contributed by atoms with Crippen molar-refractivity contribution < 1.29 is 5.11 Å². The Morgan fingerprint density at radius 2 is 1.91 bits per heavy atom. The van der Waals surface area contributed by atoms with Gasteiger partial charge >= 0.3 is 0 Å². The topological polar surface area (TPSA) is 65.0 Å². The molecule has 118 valence electrons. The second-order valence-corrected chi connectivity index (χ2v) is 6.12. The van der Waals surface area contributed by atoms with E-state index in [1.807, 2.05) is 24.3 Å². The van der Waals surface area contributed by atoms with Gasteiger partial charge in [-0.15, -0.1) is 0 Å². The number of fused-ring (bicyclic) bond motifs is 1. The lowest BCUT2D eigenvalue weighted by Crippen LogP contribution is -2.29. The molecular formula is C18H20N4O. The number of benzene rings is 1. The van der Waals surface area contributed by atoms with E-state index in [2.05, 4.69) is 19.9 Å². The minimum absolute atomic E-state index is 0.293. The van der Waals surface area contributed by atoms with E-state index in [0.29, 0.717) is 17.1 Å². The molecule has 3 aromatic rings. The number of likely N-dealkylation sites (tertiary alicyclic amines) is 1. The van der Waals surface area contributed by atoms with Gasteiger partial charge in [-0.3, -0.25) is 4.90 Å². The maximum atomic E-state index is 10.7. The van der Waals surface area contributed by atoms with E-state index in [1.165, 1.54) is 19.3 Å². The molecule has 5 heteroatoms. The molecule has 1 aliphatic heterocycles. The maximum absolute atomic E-state index is 10.7. The van der Waals surface area contributed by atoms with Crippen LogP contribution >= 0.6 is 0 Å². The fourth-order valence-corrected chi connectivity index (χ4v) is 3.24. The van der Waals surface area contributed by atoms with Crippen LogP contribution in [-0.2, 0) is 6.54 Å². The van der Waals surface area contributed by atoms with E-state index in [0.717, 1.165) is 36.3 Å². The molecule has 0 aliphatic carbocycles. The molecule has 23 heavy (non-hydrogen) atoms. The molecule has 4 rings (SSSR count). The van der Waals surface area contributed by atoms with Crippen LogP contribution in [0.1, 0.15) is 24.8 Å². The van der Waals surface area contributed by atoms with Crippen LogP contribution in [0.25, 0.3) is 22.4 Å². The van der Waals surface area contributed by atoms with Crippen molar-refractivity contribution in [2.75, 3.05) is 13.1 Å². The third kappa shape index (κ3) is 2.80. The largest absolute Gasteiger partial charge is 0.505 e. The minimum atomic E-state index is 0.293. The molecule has 3 heterocycles. The van der Waals surface area contributed by atoms with Crippen molar-refractivity contribution in [1.82, 2.24) is 19.9 Å². The number of pyridine rings is 1. The fraction of sp³-hybridized carbons (Fsp3) is 0.333. The van der Waals surface area contributed by atoms with Gasteiger partial charge in [0.25, 0.3) is 0 Å². The first-order valence-electron chi connectivity index (χ1n) is 8.15. The monoisotopic (exact) mass is 308 g/mol. The van der Waals surface area contributed by atoms with E-state index in [1.54, 1.807) is 12.4 Å². The summed E-state index contributed by atoms with van der Waals surface area (Å²) in [5, 5.41) is 11.6. The Labute approximate surface area is 135 Å². The number of nitrogens with one attached hydrogen (secondary N) is 1. The van der Waals surface area contributed by atoms with Crippen molar-refractivity contribution in [3.8, 4) is 17.3 Å². The first kappa shape index (κ1) is 14.2. The Hall–Kier alpha value is -2.40. The molecule has 0 saturated carbocycles. The number of hydrogen-bond acceptors (Lipinski definition) is 4. The minimum Gasteiger partial charge on any atom is -0.505 e. The highest BCUT2D eigenvalue weighted by Gasteiger charge is 2.15. The van der Waals surface area contributed by atoms with Crippen LogP contribution in [0.3, 0.4) is 0 Å². The Morgan fingerprint density at radius 1 is 1.09 bits per heavy atom. The van der Waals surface area contributed by atoms with Crippen LogP contribution in [0.4, 0.5) is 0 Å². The predicted octanol–water partition coefficient (Wildman–Crippen LogP) is 3.32. The number of phenolic OH excluding ortho intramolecular Hbond substituents is 1. The van der Waals surface area contributed by atoms with Gasteiger partial charge in [-0.2, -0.15) is 0 Å². The molecule has 0 radical (unpaired) electrons. The Balaban J connectivity index is 1.70. The van der Waals surface area contributed by atoms with Crippen LogP contribution in [0.2, 0.25) is 0 Å². The quantitative estimate of drug-likeness (QED) is 0.779. The molecule has 5 nitrogen and oxygen atoms in total. The predicted molar refractivity (Wildman–Crippen MR) is 90.1 cm³/mol. The Morgan fingerprint density at radius 3 is 2.70 bits per heavy atom. The number of aromatic amines is 1. The van der Waals surface area contributed by atoms with Gasteiger partial charge < -0.3 is 10.1 Å². The van der Waals surface area contributed by atoms with E-state index in [-0.39, 0.29) is 0 Å². The smallest absolute Gasteiger partial charge is 0.155 e. The van der Waals surface area contributed by atoms with Crippen molar-refractivity contribution in [3.05, 3.63) is 42.2 Å². The number of aromatic nitrogens is 3. The van der Waals surface area contributed by atoms with Crippen molar-refractivity contribution in [2.24, 2.45) is 0 Å². The molecule has 1 saturated heterocycles. The third-order valence-corrected chi connectivity index (χ3v) is 4.50. The van der Waals surface area contributed by atoms with Gasteiger partial charge in [0.2, 0.25) is 0 Å². The van der Waals surface area contributed by atoms with Crippen molar-refractivity contribution in [3.63, 3.8) is 0 Å². The second kappa shape index (κ2) is 6.01. The van der Waals surface area contributed by atoms with Gasteiger partial charge in [-0.25, -0.2) is 9.97 Å². The number of H-pyrrole nitrogens is 1. The highest BCUT2D eigenvalue weighted by Crippen LogP contribution is 2.30. The van der Waals surface area contributed by atoms with Crippen molar-refractivity contribution in [2.45, 2.75) is 25.8 Å². The van der Waals surface area contributed by atoms with Gasteiger partial charge in [0.1, 0.15) is 17.0 Å². The standard InChI is InChI=1S/C18H20N4O/c23-17-14(12-22-10-2-1-3-11-22)5-4-13-6-7-15(21-16(13)17)18-19-8-9-20-18/h4-9,23H,1-3,10-12H2,(H,19,20). The molecule has 0 unspecified atom stereocenters. The Bertz CT molecular complexity index is 807. The summed E-state index contributed by atoms with van der Waals surface area (Å²) >= 11 is 0. The second-order valence-electron chi connectivity index (χ2n) is 6.12. The summed E-state index contributed by atoms with van der Waals surface area (Å²) in [5.74, 6) is 1.01. The van der Waals surface area contributed by atoms with Crippen LogP contribution in [0.5, 0.6) is 5.75 Å². The number of phenols is 1. The van der Waals surface area contributed by atoms with Crippen LogP contribution in [0, 0.1) is 0 Å². The lowest BCUT2D eigenvalue weighted by Gasteiger charge is -2.26. The molecule has 0 amide bonds. The highest BCUT2D eigenvalue weighted by molar-refractivity contribution is 5.87. The summed E-state index contributed by atoms with van der Waals surface area (Å²) in [6.07, 6.45) is 7.28. The average Bonchev–Trinajstić information content (AvgIpc) is 3.13. The molecular weight excluding hydrogens is 288 g/mol. The summed E-state index contributed by atoms with van der Waals surface area (Å²) in [5.41, 5.74) is 2.34. The van der Waals surface area contributed by atoms with Gasteiger partial charge in [0.05, 0.1) is 0 Å². The van der Waals surface area contributed by atoms with Gasteiger partial charge in [-0.05, 0) is 32.0 Å². The lowest BCUT2D eigenvalue weighted by atomic mass is 10.1. The molecule has 1 fully saturated rings. The SMILES string of the molecule is Oc1c(CN2CCCCC2)ccc2ccc(-c3ncc[nH]3)nc12. The van der Waals surface area contributed by atoms with Crippen molar-refractivity contribution >= 4 is 10.9 Å². The zero-order valence-corrected chi connectivity index (χ0v) is 13.0. The summed E-state index contributed by atoms with van der Waals surface area (Å²) in [7, 11) is 0. The van der Waals surface area contributed by atoms with Gasteiger partial charge in [-0.1, -0.05) is 24.6 Å².